The molecule has 1 heterocycles. The molecule has 1 aliphatic rings. The predicted octanol–water partition coefficient (Wildman–Crippen LogP) is 7.09. The van der Waals surface area contributed by atoms with Crippen LogP contribution in [-0.4, -0.2) is 24.3 Å². The standard InChI is InChI=1S/C29H38BBrO4/c1-7-9-19-29(8-2,26(32)33-21-23-12-16-25(31)17-13-23)20-18-22-10-14-24(15-11-22)30-34-27(3,4)28(5,6)35-30/h10-18,20H,7-9,19,21H2,1-6H3/b20-18+/t29-/m1/s1. The van der Waals surface area contributed by atoms with Crippen LogP contribution >= 0.6 is 15.9 Å². The summed E-state index contributed by atoms with van der Waals surface area (Å²) < 4.78 is 19.1. The van der Waals surface area contributed by atoms with Crippen LogP contribution in [0.1, 0.15) is 78.4 Å². The predicted molar refractivity (Wildman–Crippen MR) is 147 cm³/mol. The van der Waals surface area contributed by atoms with Crippen LogP contribution in [-0.2, 0) is 25.4 Å². The highest BCUT2D eigenvalue weighted by Gasteiger charge is 2.51. The molecule has 0 radical (unpaired) electrons. The largest absolute Gasteiger partial charge is 0.494 e. The third-order valence-electron chi connectivity index (χ3n) is 7.35. The van der Waals surface area contributed by atoms with Crippen molar-refractivity contribution in [3.05, 3.63) is 70.2 Å². The smallest absolute Gasteiger partial charge is 0.460 e. The normalized spacial score (nSPS) is 18.5. The number of benzene rings is 2. The Morgan fingerprint density at radius 3 is 2.14 bits per heavy atom. The highest BCUT2D eigenvalue weighted by atomic mass is 79.9. The summed E-state index contributed by atoms with van der Waals surface area (Å²) in [6.07, 6.45) is 7.52. The van der Waals surface area contributed by atoms with Crippen LogP contribution in [0.5, 0.6) is 0 Å². The number of unbranched alkanes of at least 4 members (excludes halogenated alkanes) is 1. The fourth-order valence-electron chi connectivity index (χ4n) is 4.06. The van der Waals surface area contributed by atoms with E-state index in [1.807, 2.05) is 60.7 Å². The molecule has 0 saturated carbocycles. The SMILES string of the molecule is CCCC[C@@](/C=C/c1ccc(B2OC(C)(C)C(C)(C)O2)cc1)(CC)C(=O)OCc1ccc(Br)cc1. The van der Waals surface area contributed by atoms with Gasteiger partial charge in [0.2, 0.25) is 0 Å². The maximum absolute atomic E-state index is 13.3. The van der Waals surface area contributed by atoms with E-state index in [4.69, 9.17) is 14.0 Å². The average molecular weight is 541 g/mol. The maximum atomic E-state index is 13.3. The molecule has 1 atom stereocenters. The monoisotopic (exact) mass is 540 g/mol. The van der Waals surface area contributed by atoms with Crippen LogP contribution in [0.2, 0.25) is 0 Å². The van der Waals surface area contributed by atoms with Gasteiger partial charge in [-0.2, -0.15) is 0 Å². The summed E-state index contributed by atoms with van der Waals surface area (Å²) in [6, 6.07) is 16.0. The minimum Gasteiger partial charge on any atom is -0.460 e. The van der Waals surface area contributed by atoms with Gasteiger partial charge in [-0.1, -0.05) is 91.2 Å². The van der Waals surface area contributed by atoms with Gasteiger partial charge in [0.1, 0.15) is 6.61 Å². The van der Waals surface area contributed by atoms with E-state index in [9.17, 15) is 4.79 Å². The second kappa shape index (κ2) is 11.4. The number of halogens is 1. The first-order chi connectivity index (χ1) is 16.5. The van der Waals surface area contributed by atoms with Gasteiger partial charge in [-0.05, 0) is 69.3 Å². The van der Waals surface area contributed by atoms with Crippen LogP contribution in [0.25, 0.3) is 6.08 Å². The molecule has 1 fully saturated rings. The quantitative estimate of drug-likeness (QED) is 0.238. The number of ether oxygens (including phenoxy) is 1. The van der Waals surface area contributed by atoms with Crippen LogP contribution in [0.4, 0.5) is 0 Å². The molecule has 1 aliphatic heterocycles. The highest BCUT2D eigenvalue weighted by Crippen LogP contribution is 2.37. The molecule has 0 aliphatic carbocycles. The first kappa shape index (κ1) is 27.7. The van der Waals surface area contributed by atoms with Crippen molar-refractivity contribution >= 4 is 40.6 Å². The molecule has 3 rings (SSSR count). The summed E-state index contributed by atoms with van der Waals surface area (Å²) in [6.45, 7) is 12.7. The number of hydrogen-bond donors (Lipinski definition) is 0. The van der Waals surface area contributed by atoms with Gasteiger partial charge in [0.15, 0.2) is 0 Å². The summed E-state index contributed by atoms with van der Waals surface area (Å²) in [7, 11) is -0.383. The second-order valence-corrected chi connectivity index (χ2v) is 11.3. The van der Waals surface area contributed by atoms with Gasteiger partial charge in [0, 0.05) is 4.47 Å². The zero-order valence-electron chi connectivity index (χ0n) is 21.9. The van der Waals surface area contributed by atoms with E-state index >= 15 is 0 Å². The molecule has 0 N–H and O–H groups in total. The molecule has 0 amide bonds. The third-order valence-corrected chi connectivity index (χ3v) is 7.88. The number of carbonyl (C=O) groups excluding carboxylic acids is 1. The van der Waals surface area contributed by atoms with Crippen molar-refractivity contribution < 1.29 is 18.8 Å². The van der Waals surface area contributed by atoms with Gasteiger partial charge in [-0.15, -0.1) is 0 Å². The van der Waals surface area contributed by atoms with Crippen molar-refractivity contribution in [1.82, 2.24) is 0 Å². The summed E-state index contributed by atoms with van der Waals surface area (Å²) in [5.41, 5.74) is 1.61. The zero-order chi connectivity index (χ0) is 25.7. The number of esters is 1. The number of carbonyl (C=O) groups is 1. The molecule has 0 spiro atoms. The Hall–Kier alpha value is -1.89. The molecular weight excluding hydrogens is 503 g/mol. The van der Waals surface area contributed by atoms with E-state index in [0.717, 1.165) is 40.3 Å². The fourth-order valence-corrected chi connectivity index (χ4v) is 4.32. The van der Waals surface area contributed by atoms with Gasteiger partial charge < -0.3 is 14.0 Å². The van der Waals surface area contributed by atoms with E-state index in [1.165, 1.54) is 0 Å². The first-order valence-electron chi connectivity index (χ1n) is 12.6. The number of hydrogen-bond acceptors (Lipinski definition) is 4. The fraction of sp³-hybridized carbons (Fsp3) is 0.483. The van der Waals surface area contributed by atoms with Gasteiger partial charge in [0.25, 0.3) is 0 Å². The molecule has 4 nitrogen and oxygen atoms in total. The van der Waals surface area contributed by atoms with Crippen molar-refractivity contribution in [2.24, 2.45) is 5.41 Å². The second-order valence-electron chi connectivity index (χ2n) is 10.4. The van der Waals surface area contributed by atoms with E-state index in [0.29, 0.717) is 6.42 Å². The van der Waals surface area contributed by atoms with Gasteiger partial charge in [-0.3, -0.25) is 4.79 Å². The molecule has 6 heteroatoms. The number of rotatable bonds is 10. The van der Waals surface area contributed by atoms with Crippen LogP contribution < -0.4 is 5.46 Å². The minimum absolute atomic E-state index is 0.165. The van der Waals surface area contributed by atoms with E-state index < -0.39 is 5.41 Å². The molecule has 2 aromatic rings. The third kappa shape index (κ3) is 6.66. The van der Waals surface area contributed by atoms with Crippen molar-refractivity contribution in [2.75, 3.05) is 0 Å². The Balaban J connectivity index is 1.73. The molecule has 0 unspecified atom stereocenters. The van der Waals surface area contributed by atoms with Crippen LogP contribution in [0, 0.1) is 5.41 Å². The molecule has 35 heavy (non-hydrogen) atoms. The lowest BCUT2D eigenvalue weighted by Gasteiger charge is -2.32. The van der Waals surface area contributed by atoms with E-state index in [-0.39, 0.29) is 30.9 Å². The highest BCUT2D eigenvalue weighted by molar-refractivity contribution is 9.10. The lowest BCUT2D eigenvalue weighted by Crippen LogP contribution is -2.41. The van der Waals surface area contributed by atoms with E-state index in [1.54, 1.807) is 0 Å². The maximum Gasteiger partial charge on any atom is 0.494 e. The summed E-state index contributed by atoms with van der Waals surface area (Å²) in [5.74, 6) is -0.165. The summed E-state index contributed by atoms with van der Waals surface area (Å²) in [5, 5.41) is 0. The van der Waals surface area contributed by atoms with Gasteiger partial charge in [-0.25, -0.2) is 0 Å². The zero-order valence-corrected chi connectivity index (χ0v) is 23.5. The van der Waals surface area contributed by atoms with E-state index in [2.05, 4.69) is 57.5 Å². The Kier molecular flexibility index (Phi) is 9.06. The first-order valence-corrected chi connectivity index (χ1v) is 13.4. The van der Waals surface area contributed by atoms with Gasteiger partial charge >= 0.3 is 13.1 Å². The molecule has 0 bridgehead atoms. The topological polar surface area (TPSA) is 44.8 Å². The summed E-state index contributed by atoms with van der Waals surface area (Å²) >= 11 is 3.44. The molecule has 1 saturated heterocycles. The Morgan fingerprint density at radius 1 is 1.00 bits per heavy atom. The Morgan fingerprint density at radius 2 is 1.60 bits per heavy atom. The lowest BCUT2D eigenvalue weighted by atomic mass is 9.78. The Bertz CT molecular complexity index is 998. The molecule has 0 aromatic heterocycles. The lowest BCUT2D eigenvalue weighted by molar-refractivity contribution is -0.155. The van der Waals surface area contributed by atoms with Crippen molar-refractivity contribution in [2.45, 2.75) is 85.0 Å². The summed E-state index contributed by atoms with van der Waals surface area (Å²) in [4.78, 5) is 13.3. The van der Waals surface area contributed by atoms with Crippen LogP contribution in [0.15, 0.2) is 59.1 Å². The van der Waals surface area contributed by atoms with Crippen molar-refractivity contribution in [1.29, 1.82) is 0 Å². The average Bonchev–Trinajstić information content (AvgIpc) is 3.06. The van der Waals surface area contributed by atoms with Gasteiger partial charge in [0.05, 0.1) is 16.6 Å². The van der Waals surface area contributed by atoms with Crippen molar-refractivity contribution in [3.8, 4) is 0 Å². The molecule has 2 aromatic carbocycles. The Labute approximate surface area is 219 Å². The molecular formula is C29H38BBrO4. The molecule has 188 valence electrons. The minimum atomic E-state index is -0.643. The van der Waals surface area contributed by atoms with Crippen molar-refractivity contribution in [3.63, 3.8) is 0 Å². The van der Waals surface area contributed by atoms with Crippen LogP contribution in [0.3, 0.4) is 0 Å².